The molecule has 17 heavy (non-hydrogen) atoms. The van der Waals surface area contributed by atoms with Gasteiger partial charge in [0.25, 0.3) is 0 Å². The van der Waals surface area contributed by atoms with Crippen molar-refractivity contribution in [1.29, 1.82) is 0 Å². The van der Waals surface area contributed by atoms with Crippen LogP contribution >= 0.6 is 0 Å². The van der Waals surface area contributed by atoms with E-state index < -0.39 is 0 Å². The molecule has 0 aliphatic carbocycles. The molecule has 0 aliphatic heterocycles. The molecule has 2 N–H and O–H groups in total. The van der Waals surface area contributed by atoms with E-state index in [1.807, 2.05) is 31.0 Å². The molecular weight excluding hydrogens is 210 g/mol. The maximum Gasteiger partial charge on any atom is 0.0568 e. The van der Waals surface area contributed by atoms with E-state index in [0.29, 0.717) is 0 Å². The predicted octanol–water partition coefficient (Wildman–Crippen LogP) is 2.37. The number of benzene rings is 1. The van der Waals surface area contributed by atoms with E-state index in [-0.39, 0.29) is 6.04 Å². The number of hydrogen-bond acceptors (Lipinski definition) is 2. The van der Waals surface area contributed by atoms with Gasteiger partial charge in [0.2, 0.25) is 0 Å². The maximum absolute atomic E-state index is 5.78. The fourth-order valence-electron chi connectivity index (χ4n) is 1.87. The Morgan fingerprint density at radius 3 is 2.82 bits per heavy atom. The molecule has 3 heteroatoms. The molecule has 3 nitrogen and oxygen atoms in total. The van der Waals surface area contributed by atoms with Gasteiger partial charge in [0.05, 0.1) is 6.20 Å². The Morgan fingerprint density at radius 1 is 1.35 bits per heavy atom. The van der Waals surface area contributed by atoms with Crippen molar-refractivity contribution in [3.63, 3.8) is 0 Å². The van der Waals surface area contributed by atoms with E-state index >= 15 is 0 Å². The van der Waals surface area contributed by atoms with Gasteiger partial charge < -0.3 is 5.73 Å². The third-order valence-corrected chi connectivity index (χ3v) is 2.85. The Hall–Kier alpha value is -1.61. The van der Waals surface area contributed by atoms with Crippen LogP contribution in [-0.2, 0) is 13.5 Å². The molecule has 0 fully saturated rings. The molecule has 1 heterocycles. The lowest BCUT2D eigenvalue weighted by atomic mass is 10.0. The Bertz CT molecular complexity index is 486. The Labute approximate surface area is 102 Å². The quantitative estimate of drug-likeness (QED) is 0.874. The molecule has 1 unspecified atom stereocenters. The number of nitrogens with two attached hydrogens (primary N) is 1. The van der Waals surface area contributed by atoms with Crippen molar-refractivity contribution >= 4 is 0 Å². The van der Waals surface area contributed by atoms with Crippen LogP contribution < -0.4 is 5.73 Å². The average molecular weight is 229 g/mol. The van der Waals surface area contributed by atoms with Crippen molar-refractivity contribution in [2.24, 2.45) is 12.8 Å². The van der Waals surface area contributed by atoms with Crippen molar-refractivity contribution in [2.75, 3.05) is 0 Å². The summed E-state index contributed by atoms with van der Waals surface area (Å²) in [6.07, 6.45) is 5.98. The van der Waals surface area contributed by atoms with Gasteiger partial charge in [0.1, 0.15) is 0 Å². The van der Waals surface area contributed by atoms with E-state index in [2.05, 4.69) is 29.4 Å². The van der Waals surface area contributed by atoms with E-state index in [1.165, 1.54) is 11.1 Å². The van der Waals surface area contributed by atoms with Crippen LogP contribution in [0.4, 0.5) is 0 Å². The standard InChI is InChI=1S/C14H19N3/c1-11(15)6-7-12-4-3-5-13(8-12)14-9-16-17(2)10-14/h3-5,8-11H,6-7,15H2,1-2H3. The van der Waals surface area contributed by atoms with Crippen LogP contribution in [0.2, 0.25) is 0 Å². The Kier molecular flexibility index (Phi) is 3.59. The van der Waals surface area contributed by atoms with Crippen LogP contribution in [-0.4, -0.2) is 15.8 Å². The largest absolute Gasteiger partial charge is 0.328 e. The first-order chi connectivity index (χ1) is 8.15. The summed E-state index contributed by atoms with van der Waals surface area (Å²) < 4.78 is 1.82. The van der Waals surface area contributed by atoms with Gasteiger partial charge in [-0.05, 0) is 30.9 Å². The van der Waals surface area contributed by atoms with Gasteiger partial charge in [-0.15, -0.1) is 0 Å². The van der Waals surface area contributed by atoms with Crippen molar-refractivity contribution < 1.29 is 0 Å². The lowest BCUT2D eigenvalue weighted by Gasteiger charge is -2.06. The zero-order valence-electron chi connectivity index (χ0n) is 10.4. The van der Waals surface area contributed by atoms with Crippen molar-refractivity contribution in [3.05, 3.63) is 42.2 Å². The molecule has 0 aliphatic rings. The molecule has 2 rings (SSSR count). The number of aryl methyl sites for hydroxylation is 2. The van der Waals surface area contributed by atoms with Crippen LogP contribution in [0.1, 0.15) is 18.9 Å². The fourth-order valence-corrected chi connectivity index (χ4v) is 1.87. The second-order valence-electron chi connectivity index (χ2n) is 4.62. The summed E-state index contributed by atoms with van der Waals surface area (Å²) in [5.41, 5.74) is 9.50. The smallest absolute Gasteiger partial charge is 0.0568 e. The molecule has 0 bridgehead atoms. The first-order valence-electron chi connectivity index (χ1n) is 5.98. The third kappa shape index (κ3) is 3.17. The lowest BCUT2D eigenvalue weighted by Crippen LogP contribution is -2.15. The molecule has 90 valence electrons. The van der Waals surface area contributed by atoms with E-state index in [1.54, 1.807) is 0 Å². The zero-order valence-corrected chi connectivity index (χ0v) is 10.4. The summed E-state index contributed by atoms with van der Waals surface area (Å²) >= 11 is 0. The highest BCUT2D eigenvalue weighted by Gasteiger charge is 2.02. The molecule has 1 atom stereocenters. The van der Waals surface area contributed by atoms with Crippen LogP contribution in [0, 0.1) is 0 Å². The van der Waals surface area contributed by atoms with Gasteiger partial charge >= 0.3 is 0 Å². The summed E-state index contributed by atoms with van der Waals surface area (Å²) in [4.78, 5) is 0. The summed E-state index contributed by atoms with van der Waals surface area (Å²) in [7, 11) is 1.93. The highest BCUT2D eigenvalue weighted by molar-refractivity contribution is 5.62. The van der Waals surface area contributed by atoms with E-state index in [4.69, 9.17) is 5.73 Å². The molecule has 0 saturated carbocycles. The zero-order chi connectivity index (χ0) is 12.3. The van der Waals surface area contributed by atoms with Gasteiger partial charge in [0.15, 0.2) is 0 Å². The van der Waals surface area contributed by atoms with Gasteiger partial charge in [-0.3, -0.25) is 4.68 Å². The molecule has 0 spiro atoms. The Morgan fingerprint density at radius 2 is 2.18 bits per heavy atom. The summed E-state index contributed by atoms with van der Waals surface area (Å²) in [6, 6.07) is 8.85. The minimum absolute atomic E-state index is 0.261. The summed E-state index contributed by atoms with van der Waals surface area (Å²) in [6.45, 7) is 2.05. The fraction of sp³-hybridized carbons (Fsp3) is 0.357. The SMILES string of the molecule is CC(N)CCc1cccc(-c2cnn(C)c2)c1. The molecule has 0 radical (unpaired) electrons. The minimum Gasteiger partial charge on any atom is -0.328 e. The second-order valence-corrected chi connectivity index (χ2v) is 4.62. The number of aromatic nitrogens is 2. The van der Waals surface area contributed by atoms with Crippen molar-refractivity contribution in [3.8, 4) is 11.1 Å². The van der Waals surface area contributed by atoms with E-state index in [0.717, 1.165) is 18.4 Å². The third-order valence-electron chi connectivity index (χ3n) is 2.85. The molecule has 2 aromatic rings. The van der Waals surface area contributed by atoms with Crippen LogP contribution in [0.3, 0.4) is 0 Å². The normalized spacial score (nSPS) is 12.6. The average Bonchev–Trinajstić information content (AvgIpc) is 2.74. The predicted molar refractivity (Wildman–Crippen MR) is 70.6 cm³/mol. The van der Waals surface area contributed by atoms with Gasteiger partial charge in [-0.2, -0.15) is 5.10 Å². The van der Waals surface area contributed by atoms with Crippen LogP contribution in [0.15, 0.2) is 36.7 Å². The Balaban J connectivity index is 2.16. The molecule has 1 aromatic heterocycles. The number of hydrogen-bond donors (Lipinski definition) is 1. The summed E-state index contributed by atoms with van der Waals surface area (Å²) in [5.74, 6) is 0. The number of nitrogens with zero attached hydrogens (tertiary/aromatic N) is 2. The minimum atomic E-state index is 0.261. The van der Waals surface area contributed by atoms with Crippen molar-refractivity contribution in [1.82, 2.24) is 9.78 Å². The molecule has 0 saturated heterocycles. The summed E-state index contributed by atoms with van der Waals surface area (Å²) in [5, 5.41) is 4.19. The van der Waals surface area contributed by atoms with Gasteiger partial charge in [-0.1, -0.05) is 24.3 Å². The monoisotopic (exact) mass is 229 g/mol. The first kappa shape index (κ1) is 11.9. The highest BCUT2D eigenvalue weighted by Crippen LogP contribution is 2.20. The van der Waals surface area contributed by atoms with Gasteiger partial charge in [-0.25, -0.2) is 0 Å². The highest BCUT2D eigenvalue weighted by atomic mass is 15.2. The molecule has 0 amide bonds. The van der Waals surface area contributed by atoms with Crippen LogP contribution in [0.5, 0.6) is 0 Å². The second kappa shape index (κ2) is 5.15. The van der Waals surface area contributed by atoms with Gasteiger partial charge in [0, 0.05) is 24.8 Å². The molecular formula is C14H19N3. The van der Waals surface area contributed by atoms with Crippen molar-refractivity contribution in [2.45, 2.75) is 25.8 Å². The number of rotatable bonds is 4. The van der Waals surface area contributed by atoms with E-state index in [9.17, 15) is 0 Å². The first-order valence-corrected chi connectivity index (χ1v) is 5.98. The molecule has 1 aromatic carbocycles. The lowest BCUT2D eigenvalue weighted by molar-refractivity contribution is 0.666. The topological polar surface area (TPSA) is 43.8 Å². The maximum atomic E-state index is 5.78. The van der Waals surface area contributed by atoms with Crippen LogP contribution in [0.25, 0.3) is 11.1 Å².